The van der Waals surface area contributed by atoms with Crippen molar-refractivity contribution >= 4 is 5.71 Å². The number of hydrazone groups is 1. The van der Waals surface area contributed by atoms with Crippen LogP contribution in [0.2, 0.25) is 0 Å². The molecule has 0 aliphatic carbocycles. The molecular formula is C7H16N2. The van der Waals surface area contributed by atoms with Gasteiger partial charge in [0.2, 0.25) is 0 Å². The van der Waals surface area contributed by atoms with Gasteiger partial charge in [0.05, 0.1) is 0 Å². The van der Waals surface area contributed by atoms with E-state index in [1.165, 1.54) is 12.1 Å². The van der Waals surface area contributed by atoms with Gasteiger partial charge in [0.15, 0.2) is 0 Å². The summed E-state index contributed by atoms with van der Waals surface area (Å²) in [6.45, 7) is 4.22. The third kappa shape index (κ3) is 5.34. The smallest absolute Gasteiger partial charge is 0.0349 e. The molecule has 0 spiro atoms. The van der Waals surface area contributed by atoms with Gasteiger partial charge in [-0.3, -0.25) is 0 Å². The molecule has 0 amide bonds. The molecule has 2 heteroatoms. The molecule has 2 nitrogen and oxygen atoms in total. The molecule has 54 valence electrons. The molecule has 0 atom stereocenters. The minimum atomic E-state index is 1.11. The summed E-state index contributed by atoms with van der Waals surface area (Å²) in [7, 11) is 3.89. The lowest BCUT2D eigenvalue weighted by Crippen LogP contribution is -2.05. The van der Waals surface area contributed by atoms with Crippen molar-refractivity contribution in [1.29, 1.82) is 0 Å². The van der Waals surface area contributed by atoms with E-state index in [1.807, 2.05) is 19.1 Å². The Bertz CT molecular complexity index is 95.1. The average molecular weight is 128 g/mol. The van der Waals surface area contributed by atoms with Crippen molar-refractivity contribution < 1.29 is 0 Å². The molecule has 0 unspecified atom stereocenters. The van der Waals surface area contributed by atoms with Crippen LogP contribution in [0.4, 0.5) is 0 Å². The molecule has 0 fully saturated rings. The Kier molecular flexibility index (Phi) is 4.10. The van der Waals surface area contributed by atoms with Crippen LogP contribution in [0.1, 0.15) is 26.7 Å². The molecule has 0 radical (unpaired) electrons. The Morgan fingerprint density at radius 2 is 2.00 bits per heavy atom. The minimum Gasteiger partial charge on any atom is -0.303 e. The normalized spacial score (nSPS) is 11.8. The Hall–Kier alpha value is -0.530. The Labute approximate surface area is 57.6 Å². The van der Waals surface area contributed by atoms with Gasteiger partial charge in [-0.15, -0.1) is 0 Å². The summed E-state index contributed by atoms with van der Waals surface area (Å²) in [6.07, 6.45) is 2.29. The van der Waals surface area contributed by atoms with E-state index >= 15 is 0 Å². The highest BCUT2D eigenvalue weighted by Crippen LogP contribution is 1.91. The number of rotatable bonds is 3. The monoisotopic (exact) mass is 128 g/mol. The van der Waals surface area contributed by atoms with Crippen LogP contribution in [0.25, 0.3) is 0 Å². The van der Waals surface area contributed by atoms with Crippen LogP contribution in [0.5, 0.6) is 0 Å². The number of hydrogen-bond acceptors (Lipinski definition) is 2. The molecule has 0 saturated carbocycles. The van der Waals surface area contributed by atoms with Gasteiger partial charge in [0.1, 0.15) is 0 Å². The maximum atomic E-state index is 4.22. The van der Waals surface area contributed by atoms with E-state index in [0.717, 1.165) is 6.42 Å². The van der Waals surface area contributed by atoms with E-state index < -0.39 is 0 Å². The maximum Gasteiger partial charge on any atom is 0.0349 e. The lowest BCUT2D eigenvalue weighted by Gasteiger charge is -2.05. The molecule has 0 bridgehead atoms. The van der Waals surface area contributed by atoms with Gasteiger partial charge in [-0.1, -0.05) is 13.3 Å². The van der Waals surface area contributed by atoms with Crippen LogP contribution in [-0.2, 0) is 0 Å². The first-order valence-electron chi connectivity index (χ1n) is 3.38. The zero-order valence-electron chi connectivity index (χ0n) is 6.81. The van der Waals surface area contributed by atoms with Gasteiger partial charge in [0, 0.05) is 19.8 Å². The Balaban J connectivity index is 3.55. The lowest BCUT2D eigenvalue weighted by atomic mass is 10.2. The predicted octanol–water partition coefficient (Wildman–Crippen LogP) is 1.72. The summed E-state index contributed by atoms with van der Waals surface area (Å²) in [5.74, 6) is 0. The molecular weight excluding hydrogens is 112 g/mol. The van der Waals surface area contributed by atoms with Crippen LogP contribution < -0.4 is 0 Å². The Morgan fingerprint density at radius 3 is 2.33 bits per heavy atom. The zero-order chi connectivity index (χ0) is 7.28. The van der Waals surface area contributed by atoms with Gasteiger partial charge in [-0.25, -0.2) is 0 Å². The molecule has 0 heterocycles. The first-order chi connectivity index (χ1) is 4.16. The highest BCUT2D eigenvalue weighted by atomic mass is 15.4. The summed E-state index contributed by atoms with van der Waals surface area (Å²) < 4.78 is 0. The quantitative estimate of drug-likeness (QED) is 0.417. The molecule has 0 aliphatic heterocycles. The molecule has 0 rings (SSSR count). The molecule has 0 N–H and O–H groups in total. The van der Waals surface area contributed by atoms with Crippen molar-refractivity contribution in [2.45, 2.75) is 26.7 Å². The number of nitrogens with zero attached hydrogens (tertiary/aromatic N) is 2. The van der Waals surface area contributed by atoms with Crippen LogP contribution in [0.15, 0.2) is 5.10 Å². The topological polar surface area (TPSA) is 15.6 Å². The Morgan fingerprint density at radius 1 is 1.44 bits per heavy atom. The maximum absolute atomic E-state index is 4.22. The summed E-state index contributed by atoms with van der Waals surface area (Å²) >= 11 is 0. The molecule has 0 aromatic heterocycles. The van der Waals surface area contributed by atoms with Gasteiger partial charge in [0.25, 0.3) is 0 Å². The molecule has 0 aliphatic rings. The second kappa shape index (κ2) is 4.36. The van der Waals surface area contributed by atoms with E-state index in [-0.39, 0.29) is 0 Å². The van der Waals surface area contributed by atoms with Crippen molar-refractivity contribution in [3.63, 3.8) is 0 Å². The second-order valence-electron chi connectivity index (χ2n) is 2.43. The highest BCUT2D eigenvalue weighted by molar-refractivity contribution is 5.81. The molecule has 0 saturated heterocycles. The molecule has 0 aromatic rings. The summed E-state index contributed by atoms with van der Waals surface area (Å²) in [5, 5.41) is 6.06. The van der Waals surface area contributed by atoms with E-state index in [9.17, 15) is 0 Å². The van der Waals surface area contributed by atoms with Crippen molar-refractivity contribution in [2.24, 2.45) is 5.10 Å². The van der Waals surface area contributed by atoms with Crippen molar-refractivity contribution in [1.82, 2.24) is 5.01 Å². The van der Waals surface area contributed by atoms with Gasteiger partial charge < -0.3 is 5.01 Å². The largest absolute Gasteiger partial charge is 0.303 e. The van der Waals surface area contributed by atoms with Crippen molar-refractivity contribution in [2.75, 3.05) is 14.1 Å². The summed E-state index contributed by atoms with van der Waals surface area (Å²) in [6, 6.07) is 0. The number of hydrogen-bond donors (Lipinski definition) is 0. The zero-order valence-corrected chi connectivity index (χ0v) is 6.81. The first-order valence-corrected chi connectivity index (χ1v) is 3.38. The third-order valence-electron chi connectivity index (χ3n) is 0.983. The SMILES string of the molecule is CCC/C(C)=N\N(C)C. The van der Waals surface area contributed by atoms with Gasteiger partial charge >= 0.3 is 0 Å². The van der Waals surface area contributed by atoms with Crippen molar-refractivity contribution in [3.8, 4) is 0 Å². The lowest BCUT2D eigenvalue weighted by molar-refractivity contribution is 0.435. The van der Waals surface area contributed by atoms with E-state index in [2.05, 4.69) is 18.9 Å². The summed E-state index contributed by atoms with van der Waals surface area (Å²) in [5.41, 5.74) is 1.21. The van der Waals surface area contributed by atoms with Crippen LogP contribution >= 0.6 is 0 Å². The van der Waals surface area contributed by atoms with E-state index in [4.69, 9.17) is 0 Å². The minimum absolute atomic E-state index is 1.11. The van der Waals surface area contributed by atoms with E-state index in [0.29, 0.717) is 0 Å². The molecule has 0 aromatic carbocycles. The van der Waals surface area contributed by atoms with Crippen LogP contribution in [-0.4, -0.2) is 24.8 Å². The fraction of sp³-hybridized carbons (Fsp3) is 0.857. The van der Waals surface area contributed by atoms with Gasteiger partial charge in [-0.2, -0.15) is 5.10 Å². The fourth-order valence-electron chi connectivity index (χ4n) is 0.753. The predicted molar refractivity (Wildman–Crippen MR) is 41.7 cm³/mol. The summed E-state index contributed by atoms with van der Waals surface area (Å²) in [4.78, 5) is 0. The second-order valence-corrected chi connectivity index (χ2v) is 2.43. The fourth-order valence-corrected chi connectivity index (χ4v) is 0.753. The standard InChI is InChI=1S/C7H16N2/c1-5-6-7(2)8-9(3)4/h5-6H2,1-4H3/b8-7-. The highest BCUT2D eigenvalue weighted by Gasteiger charge is 1.87. The van der Waals surface area contributed by atoms with Crippen LogP contribution in [0.3, 0.4) is 0 Å². The first kappa shape index (κ1) is 8.47. The third-order valence-corrected chi connectivity index (χ3v) is 0.983. The molecule has 9 heavy (non-hydrogen) atoms. The van der Waals surface area contributed by atoms with E-state index in [1.54, 1.807) is 0 Å². The van der Waals surface area contributed by atoms with Crippen LogP contribution in [0, 0.1) is 0 Å². The van der Waals surface area contributed by atoms with Gasteiger partial charge in [-0.05, 0) is 13.3 Å². The average Bonchev–Trinajstić information content (AvgIpc) is 1.63. The van der Waals surface area contributed by atoms with Crippen molar-refractivity contribution in [3.05, 3.63) is 0 Å².